The Hall–Kier alpha value is -2.03. The van der Waals surface area contributed by atoms with E-state index in [1.54, 1.807) is 13.1 Å². The van der Waals surface area contributed by atoms with Gasteiger partial charge in [0.05, 0.1) is 30.5 Å². The molecule has 1 unspecified atom stereocenters. The Bertz CT molecular complexity index is 761. The molecule has 1 aliphatic heterocycles. The van der Waals surface area contributed by atoms with Crippen LogP contribution in [-0.2, 0) is 4.74 Å². The van der Waals surface area contributed by atoms with Gasteiger partial charge in [0, 0.05) is 26.7 Å². The molecular formula is C18H23FN4O2S. The summed E-state index contributed by atoms with van der Waals surface area (Å²) in [5.74, 6) is -0.447. The molecule has 26 heavy (non-hydrogen) atoms. The average Bonchev–Trinajstić information content (AvgIpc) is 3.03. The number of aromatic nitrogens is 1. The van der Waals surface area contributed by atoms with E-state index in [4.69, 9.17) is 4.74 Å². The number of amides is 1. The summed E-state index contributed by atoms with van der Waals surface area (Å²) in [5.41, 5.74) is 2.12. The van der Waals surface area contributed by atoms with E-state index in [0.29, 0.717) is 31.0 Å². The highest BCUT2D eigenvalue weighted by molar-refractivity contribution is 7.10. The molecule has 0 bridgehead atoms. The first-order valence-electron chi connectivity index (χ1n) is 8.59. The number of hydrogen-bond acceptors (Lipinski definition) is 6. The second-order valence-electron chi connectivity index (χ2n) is 6.15. The van der Waals surface area contributed by atoms with Crippen LogP contribution >= 0.6 is 11.5 Å². The van der Waals surface area contributed by atoms with Crippen molar-refractivity contribution in [3.8, 4) is 0 Å². The standard InChI is InChI=1S/C18H23FN4O2S/c1-12-16(18(20-2)26-22-12)17(24)21-11-15(23-6-8-25-9-7-23)13-4-3-5-14(19)10-13/h3-5,10,15,20H,6-9,11H2,1-2H3,(H,21,24). The normalized spacial score (nSPS) is 16.3. The maximum Gasteiger partial charge on any atom is 0.256 e. The molecule has 1 fully saturated rings. The number of carbonyl (C=O) groups excluding carboxylic acids is 1. The molecule has 1 amide bonds. The van der Waals surface area contributed by atoms with Crippen molar-refractivity contribution in [3.05, 3.63) is 46.9 Å². The third-order valence-corrected chi connectivity index (χ3v) is 5.45. The third kappa shape index (κ3) is 4.20. The molecule has 0 saturated carbocycles. The maximum atomic E-state index is 13.7. The Morgan fingerprint density at radius 2 is 2.19 bits per heavy atom. The van der Waals surface area contributed by atoms with Crippen LogP contribution in [0.3, 0.4) is 0 Å². The van der Waals surface area contributed by atoms with Crippen LogP contribution < -0.4 is 10.6 Å². The van der Waals surface area contributed by atoms with Crippen LogP contribution in [0.2, 0.25) is 0 Å². The summed E-state index contributed by atoms with van der Waals surface area (Å²) < 4.78 is 23.4. The van der Waals surface area contributed by atoms with E-state index in [9.17, 15) is 9.18 Å². The highest BCUT2D eigenvalue weighted by atomic mass is 32.1. The van der Waals surface area contributed by atoms with Gasteiger partial charge in [-0.05, 0) is 36.2 Å². The van der Waals surface area contributed by atoms with Crippen LogP contribution in [0.15, 0.2) is 24.3 Å². The molecular weight excluding hydrogens is 355 g/mol. The molecule has 0 aliphatic carbocycles. The summed E-state index contributed by atoms with van der Waals surface area (Å²) in [4.78, 5) is 14.9. The number of nitrogens with zero attached hydrogens (tertiary/aromatic N) is 2. The van der Waals surface area contributed by atoms with Crippen molar-refractivity contribution in [1.82, 2.24) is 14.6 Å². The number of rotatable bonds is 6. The lowest BCUT2D eigenvalue weighted by molar-refractivity contribution is 0.0162. The largest absolute Gasteiger partial charge is 0.379 e. The molecule has 3 rings (SSSR count). The number of hydrogen-bond donors (Lipinski definition) is 2. The van der Waals surface area contributed by atoms with Gasteiger partial charge in [0.1, 0.15) is 10.8 Å². The quantitative estimate of drug-likeness (QED) is 0.808. The molecule has 6 nitrogen and oxygen atoms in total. The first-order chi connectivity index (χ1) is 12.6. The lowest BCUT2D eigenvalue weighted by Crippen LogP contribution is -2.44. The topological polar surface area (TPSA) is 66.5 Å². The number of ether oxygens (including phenoxy) is 1. The molecule has 1 aliphatic rings. The third-order valence-electron chi connectivity index (χ3n) is 4.49. The minimum absolute atomic E-state index is 0.108. The van der Waals surface area contributed by atoms with E-state index in [0.717, 1.165) is 23.7 Å². The summed E-state index contributed by atoms with van der Waals surface area (Å²) >= 11 is 1.27. The molecule has 140 valence electrons. The summed E-state index contributed by atoms with van der Waals surface area (Å²) in [7, 11) is 1.77. The predicted octanol–water partition coefficient (Wildman–Crippen LogP) is 2.44. The van der Waals surface area contributed by atoms with Crippen LogP contribution in [0.25, 0.3) is 0 Å². The Morgan fingerprint density at radius 1 is 1.42 bits per heavy atom. The van der Waals surface area contributed by atoms with E-state index >= 15 is 0 Å². The zero-order valence-electron chi connectivity index (χ0n) is 14.9. The van der Waals surface area contributed by atoms with E-state index in [1.807, 2.05) is 13.0 Å². The van der Waals surface area contributed by atoms with Gasteiger partial charge in [-0.3, -0.25) is 9.69 Å². The van der Waals surface area contributed by atoms with Gasteiger partial charge in [-0.1, -0.05) is 12.1 Å². The van der Waals surface area contributed by atoms with Crippen molar-refractivity contribution in [3.63, 3.8) is 0 Å². The van der Waals surface area contributed by atoms with Crippen molar-refractivity contribution in [1.29, 1.82) is 0 Å². The molecule has 1 aromatic heterocycles. The minimum Gasteiger partial charge on any atom is -0.379 e. The Labute approximate surface area is 156 Å². The average molecular weight is 378 g/mol. The van der Waals surface area contributed by atoms with Gasteiger partial charge < -0.3 is 15.4 Å². The number of anilines is 1. The van der Waals surface area contributed by atoms with Gasteiger partial charge in [0.15, 0.2) is 0 Å². The van der Waals surface area contributed by atoms with Crippen molar-refractivity contribution in [2.75, 3.05) is 45.2 Å². The van der Waals surface area contributed by atoms with Crippen molar-refractivity contribution >= 4 is 22.4 Å². The van der Waals surface area contributed by atoms with Crippen LogP contribution in [0.5, 0.6) is 0 Å². The van der Waals surface area contributed by atoms with E-state index < -0.39 is 0 Å². The van der Waals surface area contributed by atoms with E-state index in [2.05, 4.69) is 19.9 Å². The van der Waals surface area contributed by atoms with Crippen LogP contribution in [0, 0.1) is 12.7 Å². The summed E-state index contributed by atoms with van der Waals surface area (Å²) in [6.07, 6.45) is 0. The molecule has 2 aromatic rings. The van der Waals surface area contributed by atoms with Crippen LogP contribution in [0.4, 0.5) is 9.39 Å². The predicted molar refractivity (Wildman–Crippen MR) is 100 cm³/mol. The lowest BCUT2D eigenvalue weighted by atomic mass is 10.0. The molecule has 1 aromatic carbocycles. The Kier molecular flexibility index (Phi) is 6.18. The van der Waals surface area contributed by atoms with Gasteiger partial charge in [-0.15, -0.1) is 0 Å². The van der Waals surface area contributed by atoms with Crippen molar-refractivity contribution in [2.45, 2.75) is 13.0 Å². The smallest absolute Gasteiger partial charge is 0.256 e. The van der Waals surface area contributed by atoms with Crippen LogP contribution in [-0.4, -0.2) is 55.1 Å². The zero-order valence-corrected chi connectivity index (χ0v) is 15.7. The Balaban J connectivity index is 1.77. The zero-order chi connectivity index (χ0) is 18.5. The van der Waals surface area contributed by atoms with Gasteiger partial charge >= 0.3 is 0 Å². The molecule has 1 saturated heterocycles. The fourth-order valence-electron chi connectivity index (χ4n) is 3.15. The summed E-state index contributed by atoms with van der Waals surface area (Å²) in [6, 6.07) is 6.45. The number of carbonyl (C=O) groups is 1. The summed E-state index contributed by atoms with van der Waals surface area (Å²) in [6.45, 7) is 4.98. The lowest BCUT2D eigenvalue weighted by Gasteiger charge is -2.35. The number of halogens is 1. The first-order valence-corrected chi connectivity index (χ1v) is 9.37. The maximum absolute atomic E-state index is 13.7. The highest BCUT2D eigenvalue weighted by Crippen LogP contribution is 2.25. The highest BCUT2D eigenvalue weighted by Gasteiger charge is 2.25. The van der Waals surface area contributed by atoms with Crippen molar-refractivity contribution < 1.29 is 13.9 Å². The van der Waals surface area contributed by atoms with E-state index in [1.165, 1.54) is 23.7 Å². The fraction of sp³-hybridized carbons (Fsp3) is 0.444. The molecule has 8 heteroatoms. The van der Waals surface area contributed by atoms with Gasteiger partial charge in [0.2, 0.25) is 0 Å². The van der Waals surface area contributed by atoms with Gasteiger partial charge in [-0.25, -0.2) is 4.39 Å². The number of aryl methyl sites for hydroxylation is 1. The first kappa shape index (κ1) is 18.8. The van der Waals surface area contributed by atoms with Crippen molar-refractivity contribution in [2.24, 2.45) is 0 Å². The molecule has 2 heterocycles. The molecule has 2 N–H and O–H groups in total. The second-order valence-corrected chi connectivity index (χ2v) is 6.92. The molecule has 0 radical (unpaired) electrons. The number of nitrogens with one attached hydrogen (secondary N) is 2. The molecule has 0 spiro atoms. The number of benzene rings is 1. The van der Waals surface area contributed by atoms with Crippen LogP contribution in [0.1, 0.15) is 27.7 Å². The molecule has 1 atom stereocenters. The van der Waals surface area contributed by atoms with Gasteiger partial charge in [-0.2, -0.15) is 4.37 Å². The van der Waals surface area contributed by atoms with Gasteiger partial charge in [0.25, 0.3) is 5.91 Å². The number of morpholine rings is 1. The fourth-order valence-corrected chi connectivity index (χ4v) is 3.89. The SMILES string of the molecule is CNc1snc(C)c1C(=O)NCC(c1cccc(F)c1)N1CCOCC1. The monoisotopic (exact) mass is 378 g/mol. The summed E-state index contributed by atoms with van der Waals surface area (Å²) in [5, 5.41) is 6.75. The Morgan fingerprint density at radius 3 is 2.88 bits per heavy atom. The minimum atomic E-state index is -0.276. The van der Waals surface area contributed by atoms with E-state index in [-0.39, 0.29) is 17.8 Å². The second kappa shape index (κ2) is 8.57.